The van der Waals surface area contributed by atoms with Crippen LogP contribution in [0, 0.1) is 0 Å². The summed E-state index contributed by atoms with van der Waals surface area (Å²) in [5, 5.41) is 7.33. The molecule has 0 spiro atoms. The van der Waals surface area contributed by atoms with E-state index in [1.54, 1.807) is 12.1 Å². The highest BCUT2D eigenvalue weighted by Crippen LogP contribution is 2.30. The molecule has 1 aromatic carbocycles. The van der Waals surface area contributed by atoms with Crippen molar-refractivity contribution in [3.8, 4) is 17.4 Å². The zero-order valence-corrected chi connectivity index (χ0v) is 10.6. The average molecular weight is 273 g/mol. The molecular weight excluding hydrogens is 262 g/mol. The second-order valence-electron chi connectivity index (χ2n) is 3.75. The molecule has 2 rings (SSSR count). The Morgan fingerprint density at radius 1 is 1.20 bits per heavy atom. The predicted molar refractivity (Wildman–Crippen MR) is 69.0 cm³/mol. The van der Waals surface area contributed by atoms with Gasteiger partial charge in [-0.2, -0.15) is 0 Å². The fourth-order valence-corrected chi connectivity index (χ4v) is 1.46. The van der Waals surface area contributed by atoms with Crippen LogP contribution in [0.5, 0.6) is 17.4 Å². The van der Waals surface area contributed by atoms with Crippen LogP contribution >= 0.6 is 0 Å². The number of carbonyl (C=O) groups is 2. The number of nitrogens with zero attached hydrogens (tertiary/aromatic N) is 2. The van der Waals surface area contributed by atoms with E-state index in [-0.39, 0.29) is 11.6 Å². The molecule has 7 nitrogen and oxygen atoms in total. The topological polar surface area (TPSA) is 104 Å². The van der Waals surface area contributed by atoms with Crippen molar-refractivity contribution in [3.05, 3.63) is 41.6 Å². The highest BCUT2D eigenvalue weighted by Gasteiger charge is 2.09. The van der Waals surface area contributed by atoms with E-state index in [0.29, 0.717) is 23.3 Å². The van der Waals surface area contributed by atoms with E-state index in [0.717, 1.165) is 0 Å². The minimum Gasteiger partial charge on any atom is -0.493 e. The number of hydrogen-bond donors (Lipinski definition) is 1. The maximum Gasteiger partial charge on any atom is 0.269 e. The summed E-state index contributed by atoms with van der Waals surface area (Å²) in [5.74, 6) is 0.263. The molecule has 0 bridgehead atoms. The van der Waals surface area contributed by atoms with Crippen molar-refractivity contribution in [3.63, 3.8) is 0 Å². The van der Waals surface area contributed by atoms with Gasteiger partial charge in [0.2, 0.25) is 5.88 Å². The first-order valence-corrected chi connectivity index (χ1v) is 5.58. The van der Waals surface area contributed by atoms with Crippen LogP contribution in [0.25, 0.3) is 0 Å². The summed E-state index contributed by atoms with van der Waals surface area (Å²) in [5.41, 5.74) is 5.56. The van der Waals surface area contributed by atoms with Gasteiger partial charge in [-0.05, 0) is 24.3 Å². The fourth-order valence-electron chi connectivity index (χ4n) is 1.46. The zero-order chi connectivity index (χ0) is 14.5. The largest absolute Gasteiger partial charge is 0.493 e. The van der Waals surface area contributed by atoms with Gasteiger partial charge in [-0.15, -0.1) is 10.2 Å². The molecule has 0 radical (unpaired) electrons. The molecule has 0 atom stereocenters. The van der Waals surface area contributed by atoms with E-state index >= 15 is 0 Å². The van der Waals surface area contributed by atoms with Crippen molar-refractivity contribution in [2.24, 2.45) is 5.73 Å². The average Bonchev–Trinajstić information content (AvgIpc) is 2.48. The summed E-state index contributed by atoms with van der Waals surface area (Å²) in [6.07, 6.45) is 0.702. The van der Waals surface area contributed by atoms with Crippen molar-refractivity contribution in [2.45, 2.75) is 0 Å². The van der Waals surface area contributed by atoms with E-state index in [1.165, 1.54) is 25.3 Å². The Labute approximate surface area is 114 Å². The van der Waals surface area contributed by atoms with Gasteiger partial charge >= 0.3 is 0 Å². The van der Waals surface area contributed by atoms with Gasteiger partial charge in [0, 0.05) is 11.6 Å². The lowest BCUT2D eigenvalue weighted by Crippen LogP contribution is -2.13. The van der Waals surface area contributed by atoms with Gasteiger partial charge in [-0.1, -0.05) is 0 Å². The number of methoxy groups -OCH3 is 1. The molecule has 1 amide bonds. The molecule has 1 heterocycles. The fraction of sp³-hybridized carbons (Fsp3) is 0.0769. The van der Waals surface area contributed by atoms with E-state index in [4.69, 9.17) is 15.2 Å². The molecule has 0 fully saturated rings. The lowest BCUT2D eigenvalue weighted by Gasteiger charge is -2.09. The van der Waals surface area contributed by atoms with Gasteiger partial charge in [0.25, 0.3) is 5.91 Å². The highest BCUT2D eigenvalue weighted by atomic mass is 16.5. The molecule has 2 N–H and O–H groups in total. The smallest absolute Gasteiger partial charge is 0.269 e. The van der Waals surface area contributed by atoms with Crippen LogP contribution in [0.4, 0.5) is 0 Å². The van der Waals surface area contributed by atoms with E-state index in [1.807, 2.05) is 0 Å². The molecular formula is C13H11N3O4. The lowest BCUT2D eigenvalue weighted by atomic mass is 10.2. The summed E-state index contributed by atoms with van der Waals surface area (Å²) in [6.45, 7) is 0. The summed E-state index contributed by atoms with van der Waals surface area (Å²) in [4.78, 5) is 21.6. The van der Waals surface area contributed by atoms with Crippen LogP contribution in [-0.4, -0.2) is 29.5 Å². The first-order valence-electron chi connectivity index (χ1n) is 5.58. The third kappa shape index (κ3) is 2.89. The van der Waals surface area contributed by atoms with Gasteiger partial charge < -0.3 is 15.2 Å². The number of primary amides is 1. The summed E-state index contributed by atoms with van der Waals surface area (Å²) in [6, 6.07) is 7.55. The number of rotatable bonds is 5. The predicted octanol–water partition coefficient (Wildman–Crippen LogP) is 1.19. The molecule has 0 saturated carbocycles. The first kappa shape index (κ1) is 13.5. The molecule has 0 saturated heterocycles. The zero-order valence-electron chi connectivity index (χ0n) is 10.6. The minimum atomic E-state index is -0.669. The van der Waals surface area contributed by atoms with Crippen LogP contribution in [0.3, 0.4) is 0 Å². The number of hydrogen-bond acceptors (Lipinski definition) is 6. The van der Waals surface area contributed by atoms with Crippen molar-refractivity contribution >= 4 is 12.2 Å². The van der Waals surface area contributed by atoms with Crippen molar-refractivity contribution in [2.75, 3.05) is 7.11 Å². The Morgan fingerprint density at radius 2 is 2.00 bits per heavy atom. The Bertz CT molecular complexity index is 641. The molecule has 2 aromatic rings. The first-order chi connectivity index (χ1) is 9.63. The van der Waals surface area contributed by atoms with Crippen molar-refractivity contribution < 1.29 is 19.1 Å². The van der Waals surface area contributed by atoms with Gasteiger partial charge in [0.15, 0.2) is 17.2 Å². The molecule has 0 aliphatic rings. The number of aromatic nitrogens is 2. The maximum atomic E-state index is 10.9. The van der Waals surface area contributed by atoms with E-state index < -0.39 is 5.91 Å². The minimum absolute atomic E-state index is 0.0422. The molecule has 20 heavy (non-hydrogen) atoms. The van der Waals surface area contributed by atoms with Gasteiger partial charge in [0.05, 0.1) is 7.11 Å². The summed E-state index contributed by atoms with van der Waals surface area (Å²) in [7, 11) is 1.46. The second kappa shape index (κ2) is 5.79. The number of nitrogens with two attached hydrogens (primary N) is 1. The lowest BCUT2D eigenvalue weighted by molar-refractivity contribution is 0.0994. The monoisotopic (exact) mass is 273 g/mol. The van der Waals surface area contributed by atoms with Gasteiger partial charge in [-0.3, -0.25) is 9.59 Å². The van der Waals surface area contributed by atoms with Gasteiger partial charge in [-0.25, -0.2) is 0 Å². The highest BCUT2D eigenvalue weighted by molar-refractivity contribution is 5.90. The van der Waals surface area contributed by atoms with Crippen molar-refractivity contribution in [1.29, 1.82) is 0 Å². The quantitative estimate of drug-likeness (QED) is 0.820. The molecule has 1 aromatic heterocycles. The molecule has 0 aliphatic heterocycles. The number of benzene rings is 1. The molecule has 7 heteroatoms. The Hall–Kier alpha value is -2.96. The summed E-state index contributed by atoms with van der Waals surface area (Å²) < 4.78 is 10.6. The standard InChI is InChI=1S/C13H11N3O4/c1-19-11-6-8(7-17)2-4-10(11)20-12-5-3-9(13(14)18)15-16-12/h2-7H,1H3,(H2,14,18). The SMILES string of the molecule is COc1cc(C=O)ccc1Oc1ccc(C(N)=O)nn1. The summed E-state index contributed by atoms with van der Waals surface area (Å²) >= 11 is 0. The number of aldehydes is 1. The number of amides is 1. The van der Waals surface area contributed by atoms with Gasteiger partial charge in [0.1, 0.15) is 6.29 Å². The van der Waals surface area contributed by atoms with Crippen LogP contribution in [0.15, 0.2) is 30.3 Å². The third-order valence-corrected chi connectivity index (χ3v) is 2.43. The van der Waals surface area contributed by atoms with Crippen LogP contribution in [0.2, 0.25) is 0 Å². The van der Waals surface area contributed by atoms with Crippen LogP contribution in [0.1, 0.15) is 20.8 Å². The maximum absolute atomic E-state index is 10.9. The van der Waals surface area contributed by atoms with E-state index in [9.17, 15) is 9.59 Å². The Balaban J connectivity index is 2.25. The van der Waals surface area contributed by atoms with Crippen LogP contribution < -0.4 is 15.2 Å². The Kier molecular flexibility index (Phi) is 3.90. The van der Waals surface area contributed by atoms with E-state index in [2.05, 4.69) is 10.2 Å². The second-order valence-corrected chi connectivity index (χ2v) is 3.75. The molecule has 0 unspecified atom stereocenters. The van der Waals surface area contributed by atoms with Crippen LogP contribution in [-0.2, 0) is 0 Å². The van der Waals surface area contributed by atoms with Crippen molar-refractivity contribution in [1.82, 2.24) is 10.2 Å². The molecule has 102 valence electrons. The Morgan fingerprint density at radius 3 is 2.55 bits per heavy atom. The number of carbonyl (C=O) groups excluding carboxylic acids is 2. The number of ether oxygens (including phenoxy) is 2. The molecule has 0 aliphatic carbocycles. The third-order valence-electron chi connectivity index (χ3n) is 2.43. The normalized spacial score (nSPS) is 9.85.